The van der Waals surface area contributed by atoms with E-state index in [9.17, 15) is 23.1 Å². The molecule has 1 aliphatic rings. The second-order valence-electron chi connectivity index (χ2n) is 9.74. The van der Waals surface area contributed by atoms with Gasteiger partial charge in [-0.3, -0.25) is 9.59 Å². The minimum absolute atomic E-state index is 0.0385. The van der Waals surface area contributed by atoms with Crippen molar-refractivity contribution in [3.63, 3.8) is 0 Å². The Kier molecular flexibility index (Phi) is 12.0. The molecule has 2 rings (SSSR count). The summed E-state index contributed by atoms with van der Waals surface area (Å²) in [6.45, 7) is 6.48. The zero-order valence-electron chi connectivity index (χ0n) is 21.3. The number of fused-ring (bicyclic) bond motifs is 2. The van der Waals surface area contributed by atoms with Crippen molar-refractivity contribution in [2.45, 2.75) is 77.9 Å². The number of amides is 2. The quantitative estimate of drug-likeness (QED) is 0.485. The van der Waals surface area contributed by atoms with Gasteiger partial charge in [0.15, 0.2) is 9.84 Å². The van der Waals surface area contributed by atoms with Crippen LogP contribution >= 0.6 is 0 Å². The second-order valence-corrected chi connectivity index (χ2v) is 12.0. The van der Waals surface area contributed by atoms with Crippen LogP contribution in [0.4, 0.5) is 0 Å². The molecule has 35 heavy (non-hydrogen) atoms. The Morgan fingerprint density at radius 1 is 1.29 bits per heavy atom. The highest BCUT2D eigenvalue weighted by Gasteiger charge is 2.29. The molecule has 0 saturated heterocycles. The Hall–Kier alpha value is -2.13. The third kappa shape index (κ3) is 10.6. The summed E-state index contributed by atoms with van der Waals surface area (Å²) in [5, 5.41) is 16.8. The van der Waals surface area contributed by atoms with E-state index in [1.807, 2.05) is 31.2 Å². The van der Waals surface area contributed by atoms with Crippen molar-refractivity contribution in [1.82, 2.24) is 10.6 Å². The standard InChI is InChI=1S/C26H42N2O6S/c1-4-5-12-27-25(30)19(2)15-24(29)23-17-21-10-9-11-22(16-21)34-13-7-6-8-14-35(32,33)18-20(3)26(31)28-23/h9-11,16,19-20,23-24,29H,4-8,12-15,17-18H2,1-3H3,(H,27,30)(H,28,31)/t19-,20-,23+,24+/m1/s1. The lowest BCUT2D eigenvalue weighted by atomic mass is 9.93. The minimum atomic E-state index is -3.37. The highest BCUT2D eigenvalue weighted by molar-refractivity contribution is 7.91. The van der Waals surface area contributed by atoms with Crippen LogP contribution in [-0.4, -0.2) is 62.1 Å². The summed E-state index contributed by atoms with van der Waals surface area (Å²) < 4.78 is 30.8. The number of unbranched alkanes of at least 4 members (excludes halogenated alkanes) is 1. The zero-order chi connectivity index (χ0) is 25.8. The van der Waals surface area contributed by atoms with E-state index in [0.29, 0.717) is 31.7 Å². The smallest absolute Gasteiger partial charge is 0.224 e. The van der Waals surface area contributed by atoms with Crippen molar-refractivity contribution in [3.05, 3.63) is 29.8 Å². The summed E-state index contributed by atoms with van der Waals surface area (Å²) in [6, 6.07) is 6.84. The summed E-state index contributed by atoms with van der Waals surface area (Å²) in [4.78, 5) is 25.3. The second kappa shape index (κ2) is 14.4. The van der Waals surface area contributed by atoms with Gasteiger partial charge in [0, 0.05) is 18.4 Å². The van der Waals surface area contributed by atoms with E-state index in [1.54, 1.807) is 13.8 Å². The van der Waals surface area contributed by atoms with Gasteiger partial charge < -0.3 is 20.5 Å². The predicted octanol–water partition coefficient (Wildman–Crippen LogP) is 2.63. The van der Waals surface area contributed by atoms with Crippen LogP contribution in [0, 0.1) is 11.8 Å². The van der Waals surface area contributed by atoms with Crippen LogP contribution in [0.25, 0.3) is 0 Å². The number of carbonyl (C=O) groups excluding carboxylic acids is 2. The fourth-order valence-electron chi connectivity index (χ4n) is 4.15. The monoisotopic (exact) mass is 510 g/mol. The first-order valence-corrected chi connectivity index (χ1v) is 14.6. The number of ether oxygens (including phenoxy) is 1. The molecule has 0 saturated carbocycles. The third-order valence-corrected chi connectivity index (χ3v) is 8.26. The molecule has 1 aromatic carbocycles. The number of benzene rings is 1. The Labute approximate surface area is 210 Å². The largest absolute Gasteiger partial charge is 0.494 e. The highest BCUT2D eigenvalue weighted by atomic mass is 32.2. The van der Waals surface area contributed by atoms with E-state index >= 15 is 0 Å². The topological polar surface area (TPSA) is 122 Å². The molecular formula is C26H42N2O6S. The van der Waals surface area contributed by atoms with Gasteiger partial charge >= 0.3 is 0 Å². The third-order valence-electron chi connectivity index (χ3n) is 6.34. The first-order valence-electron chi connectivity index (χ1n) is 12.8. The molecule has 1 heterocycles. The average molecular weight is 511 g/mol. The molecule has 198 valence electrons. The Morgan fingerprint density at radius 2 is 2.06 bits per heavy atom. The number of nitrogens with one attached hydrogen (secondary N) is 2. The normalized spacial score (nSPS) is 23.4. The molecule has 1 aromatic rings. The maximum atomic E-state index is 12.9. The average Bonchev–Trinajstić information content (AvgIpc) is 2.80. The van der Waals surface area contributed by atoms with Crippen LogP contribution in [0.1, 0.15) is 64.9 Å². The van der Waals surface area contributed by atoms with Crippen molar-refractivity contribution in [2.24, 2.45) is 11.8 Å². The van der Waals surface area contributed by atoms with Crippen LogP contribution in [0.15, 0.2) is 24.3 Å². The fourth-order valence-corrected chi connectivity index (χ4v) is 5.88. The van der Waals surface area contributed by atoms with Gasteiger partial charge in [-0.1, -0.05) is 39.3 Å². The molecule has 0 aromatic heterocycles. The maximum absolute atomic E-state index is 12.9. The highest BCUT2D eigenvalue weighted by Crippen LogP contribution is 2.19. The van der Waals surface area contributed by atoms with E-state index in [4.69, 9.17) is 4.74 Å². The molecule has 9 heteroatoms. The molecule has 1 aliphatic heterocycles. The van der Waals surface area contributed by atoms with E-state index in [0.717, 1.165) is 31.2 Å². The number of rotatable bonds is 7. The van der Waals surface area contributed by atoms with Gasteiger partial charge in [-0.15, -0.1) is 0 Å². The first kappa shape index (κ1) is 29.1. The van der Waals surface area contributed by atoms with Gasteiger partial charge in [0.2, 0.25) is 11.8 Å². The molecule has 2 amide bonds. The van der Waals surface area contributed by atoms with E-state index in [2.05, 4.69) is 10.6 Å². The molecule has 8 nitrogen and oxygen atoms in total. The lowest BCUT2D eigenvalue weighted by Gasteiger charge is -2.28. The summed E-state index contributed by atoms with van der Waals surface area (Å²) in [7, 11) is -3.37. The number of hydrogen-bond acceptors (Lipinski definition) is 6. The lowest BCUT2D eigenvalue weighted by Crippen LogP contribution is -2.48. The number of carbonyl (C=O) groups is 2. The molecule has 4 atom stereocenters. The van der Waals surface area contributed by atoms with E-state index < -0.39 is 39.7 Å². The molecule has 0 fully saturated rings. The molecular weight excluding hydrogens is 468 g/mol. The van der Waals surface area contributed by atoms with Crippen LogP contribution in [0.2, 0.25) is 0 Å². The number of aliphatic hydroxyl groups excluding tert-OH is 1. The van der Waals surface area contributed by atoms with Crippen LogP contribution in [0.3, 0.4) is 0 Å². The SMILES string of the molecule is CCCCNC(=O)[C@H](C)C[C@H](O)[C@@H]1Cc2cccc(c2)OCCCCCS(=O)(=O)C[C@@H](C)C(=O)N1. The molecule has 2 bridgehead atoms. The summed E-state index contributed by atoms with van der Waals surface area (Å²) in [5.74, 6) is -1.23. The minimum Gasteiger partial charge on any atom is -0.494 e. The van der Waals surface area contributed by atoms with Crippen LogP contribution in [0.5, 0.6) is 5.75 Å². The van der Waals surface area contributed by atoms with Gasteiger partial charge in [0.25, 0.3) is 0 Å². The molecule has 0 aliphatic carbocycles. The number of sulfone groups is 1. The zero-order valence-corrected chi connectivity index (χ0v) is 22.1. The van der Waals surface area contributed by atoms with E-state index in [1.165, 1.54) is 0 Å². The summed E-state index contributed by atoms with van der Waals surface area (Å²) >= 11 is 0. The molecule has 0 unspecified atom stereocenters. The van der Waals surface area contributed by atoms with Crippen molar-refractivity contribution in [2.75, 3.05) is 24.7 Å². The van der Waals surface area contributed by atoms with Crippen molar-refractivity contribution < 1.29 is 27.9 Å². The summed E-state index contributed by atoms with van der Waals surface area (Å²) in [6.07, 6.45) is 3.38. The Bertz CT molecular complexity index is 920. The van der Waals surface area contributed by atoms with Crippen molar-refractivity contribution >= 4 is 21.7 Å². The van der Waals surface area contributed by atoms with Crippen molar-refractivity contribution in [1.29, 1.82) is 0 Å². The van der Waals surface area contributed by atoms with Gasteiger partial charge in [0.05, 0.1) is 30.3 Å². The van der Waals surface area contributed by atoms with Crippen LogP contribution in [-0.2, 0) is 25.8 Å². The lowest BCUT2D eigenvalue weighted by molar-refractivity contribution is -0.126. The van der Waals surface area contributed by atoms with Gasteiger partial charge in [-0.25, -0.2) is 8.42 Å². The van der Waals surface area contributed by atoms with E-state index in [-0.39, 0.29) is 23.8 Å². The number of hydrogen-bond donors (Lipinski definition) is 3. The van der Waals surface area contributed by atoms with Crippen molar-refractivity contribution in [3.8, 4) is 5.75 Å². The van der Waals surface area contributed by atoms with Gasteiger partial charge in [-0.05, 0) is 56.2 Å². The summed E-state index contributed by atoms with van der Waals surface area (Å²) in [5.41, 5.74) is 0.874. The molecule has 0 radical (unpaired) electrons. The maximum Gasteiger partial charge on any atom is 0.224 e. The van der Waals surface area contributed by atoms with Crippen LogP contribution < -0.4 is 15.4 Å². The fraction of sp³-hybridized carbons (Fsp3) is 0.692. The predicted molar refractivity (Wildman–Crippen MR) is 137 cm³/mol. The van der Waals surface area contributed by atoms with Gasteiger partial charge in [0.1, 0.15) is 5.75 Å². The first-order chi connectivity index (χ1) is 16.6. The Balaban J connectivity index is 2.20. The van der Waals surface area contributed by atoms with Gasteiger partial charge in [-0.2, -0.15) is 0 Å². The number of aliphatic hydroxyl groups is 1. The molecule has 0 spiro atoms. The Morgan fingerprint density at radius 3 is 2.80 bits per heavy atom. The molecule has 3 N–H and O–H groups in total.